The average molecular weight is 322 g/mol. The molecule has 1 amide bonds. The van der Waals surface area contributed by atoms with Gasteiger partial charge in [-0.2, -0.15) is 0 Å². The molecular weight excluding hydrogens is 286 g/mol. The van der Waals surface area contributed by atoms with E-state index in [2.05, 4.69) is 42.4 Å². The van der Waals surface area contributed by atoms with Crippen LogP contribution in [0.25, 0.3) is 0 Å². The van der Waals surface area contributed by atoms with Crippen molar-refractivity contribution in [3.8, 4) is 0 Å². The van der Waals surface area contributed by atoms with Crippen molar-refractivity contribution >= 4 is 5.91 Å². The van der Waals surface area contributed by atoms with Gasteiger partial charge in [-0.15, -0.1) is 0 Å². The van der Waals surface area contributed by atoms with Gasteiger partial charge in [-0.05, 0) is 51.0 Å². The summed E-state index contributed by atoms with van der Waals surface area (Å²) in [6.45, 7) is 16.9. The summed E-state index contributed by atoms with van der Waals surface area (Å²) in [6, 6.07) is 0.569. The number of rotatable bonds is 4. The van der Waals surface area contributed by atoms with Gasteiger partial charge in [0.25, 0.3) is 0 Å². The van der Waals surface area contributed by atoms with Crippen LogP contribution in [0.1, 0.15) is 47.0 Å². The summed E-state index contributed by atoms with van der Waals surface area (Å²) < 4.78 is 0. The molecule has 3 rings (SSSR count). The van der Waals surface area contributed by atoms with Gasteiger partial charge in [0.05, 0.1) is 5.92 Å². The van der Waals surface area contributed by atoms with Crippen molar-refractivity contribution in [2.45, 2.75) is 53.0 Å². The van der Waals surface area contributed by atoms with Crippen LogP contribution < -0.4 is 0 Å². The minimum atomic E-state index is 0.255. The molecule has 0 aromatic rings. The van der Waals surface area contributed by atoms with Gasteiger partial charge in [0.2, 0.25) is 5.91 Å². The van der Waals surface area contributed by atoms with E-state index in [9.17, 15) is 4.79 Å². The van der Waals surface area contributed by atoms with Gasteiger partial charge in [-0.25, -0.2) is 0 Å². The van der Waals surface area contributed by atoms with Crippen LogP contribution in [-0.2, 0) is 4.79 Å². The molecule has 0 bridgehead atoms. The largest absolute Gasteiger partial charge is 0.342 e. The molecule has 1 spiro atoms. The van der Waals surface area contributed by atoms with Crippen LogP contribution in [-0.4, -0.2) is 72.5 Å². The lowest BCUT2D eigenvalue weighted by molar-refractivity contribution is -0.140. The van der Waals surface area contributed by atoms with E-state index in [0.29, 0.717) is 17.4 Å². The van der Waals surface area contributed by atoms with E-state index in [0.717, 1.165) is 38.5 Å². The van der Waals surface area contributed by atoms with Crippen molar-refractivity contribution in [1.29, 1.82) is 0 Å². The van der Waals surface area contributed by atoms with Crippen molar-refractivity contribution < 1.29 is 4.79 Å². The Kier molecular flexibility index (Phi) is 5.03. The van der Waals surface area contributed by atoms with Crippen molar-refractivity contribution in [1.82, 2.24) is 14.7 Å². The topological polar surface area (TPSA) is 26.8 Å². The van der Waals surface area contributed by atoms with E-state index < -0.39 is 0 Å². The minimum Gasteiger partial charge on any atom is -0.342 e. The zero-order chi connectivity index (χ0) is 16.6. The minimum absolute atomic E-state index is 0.255. The summed E-state index contributed by atoms with van der Waals surface area (Å²) in [5, 5.41) is 0. The van der Waals surface area contributed by atoms with Crippen LogP contribution in [0.2, 0.25) is 0 Å². The highest BCUT2D eigenvalue weighted by molar-refractivity contribution is 5.79. The average Bonchev–Trinajstić information content (AvgIpc) is 2.95. The number of piperidine rings is 1. The predicted molar refractivity (Wildman–Crippen MR) is 94.3 cm³/mol. The smallest absolute Gasteiger partial charge is 0.227 e. The molecule has 0 radical (unpaired) electrons. The molecule has 3 saturated heterocycles. The molecule has 3 aliphatic rings. The summed E-state index contributed by atoms with van der Waals surface area (Å²) in [4.78, 5) is 20.0. The van der Waals surface area contributed by atoms with Gasteiger partial charge in [0.15, 0.2) is 0 Å². The molecule has 3 heterocycles. The molecule has 3 fully saturated rings. The van der Waals surface area contributed by atoms with Crippen molar-refractivity contribution in [2.75, 3.05) is 45.8 Å². The maximum atomic E-state index is 12.8. The molecule has 23 heavy (non-hydrogen) atoms. The van der Waals surface area contributed by atoms with Crippen LogP contribution >= 0.6 is 0 Å². The maximum Gasteiger partial charge on any atom is 0.227 e. The van der Waals surface area contributed by atoms with E-state index in [4.69, 9.17) is 0 Å². The number of likely N-dealkylation sites (tertiary alicyclic amines) is 3. The van der Waals surface area contributed by atoms with Crippen molar-refractivity contribution in [3.63, 3.8) is 0 Å². The first-order valence-corrected chi connectivity index (χ1v) is 9.64. The second-order valence-electron chi connectivity index (χ2n) is 8.96. The third-order valence-corrected chi connectivity index (χ3v) is 6.18. The molecule has 0 saturated carbocycles. The number of hydrogen-bond donors (Lipinski definition) is 0. The summed E-state index contributed by atoms with van der Waals surface area (Å²) in [6.07, 6.45) is 3.49. The Hall–Kier alpha value is -0.610. The SMILES string of the molecule is CC(C)CN1CC2(CCN(C(=O)[C@@H]3CCN(C(C)C)C3)CC2)C1. The van der Waals surface area contributed by atoms with E-state index in [-0.39, 0.29) is 5.92 Å². The van der Waals surface area contributed by atoms with Gasteiger partial charge >= 0.3 is 0 Å². The normalized spacial score (nSPS) is 28.8. The summed E-state index contributed by atoms with van der Waals surface area (Å²) in [5.41, 5.74) is 0.533. The molecule has 0 aliphatic carbocycles. The Bertz CT molecular complexity index is 418. The van der Waals surface area contributed by atoms with Crippen LogP contribution in [0.4, 0.5) is 0 Å². The number of carbonyl (C=O) groups is 1. The van der Waals surface area contributed by atoms with E-state index >= 15 is 0 Å². The molecule has 0 unspecified atom stereocenters. The van der Waals surface area contributed by atoms with E-state index in [1.807, 2.05) is 0 Å². The lowest BCUT2D eigenvalue weighted by atomic mass is 9.71. The highest BCUT2D eigenvalue weighted by Crippen LogP contribution is 2.41. The van der Waals surface area contributed by atoms with E-state index in [1.165, 1.54) is 32.5 Å². The molecule has 4 nitrogen and oxygen atoms in total. The lowest BCUT2D eigenvalue weighted by Gasteiger charge is -2.54. The molecule has 3 aliphatic heterocycles. The molecular formula is C19H35N3O. The Morgan fingerprint density at radius 1 is 1.09 bits per heavy atom. The third kappa shape index (κ3) is 3.74. The molecule has 0 aromatic carbocycles. The first-order valence-electron chi connectivity index (χ1n) is 9.64. The Labute approximate surface area is 142 Å². The Morgan fingerprint density at radius 3 is 2.26 bits per heavy atom. The van der Waals surface area contributed by atoms with Gasteiger partial charge in [0.1, 0.15) is 0 Å². The maximum absolute atomic E-state index is 12.8. The number of carbonyl (C=O) groups excluding carboxylic acids is 1. The fraction of sp³-hybridized carbons (Fsp3) is 0.947. The standard InChI is InChI=1S/C19H35N3O/c1-15(2)11-20-13-19(14-20)6-9-21(10-7-19)18(23)17-5-8-22(12-17)16(3)4/h15-17H,5-14H2,1-4H3/t17-/m1/s1. The van der Waals surface area contributed by atoms with Gasteiger partial charge < -0.3 is 14.7 Å². The summed E-state index contributed by atoms with van der Waals surface area (Å²) in [5.74, 6) is 1.45. The molecule has 0 aromatic heterocycles. The predicted octanol–water partition coefficient (Wildman–Crippen LogP) is 2.30. The van der Waals surface area contributed by atoms with Crippen molar-refractivity contribution in [3.05, 3.63) is 0 Å². The number of amides is 1. The fourth-order valence-electron chi connectivity index (χ4n) is 4.78. The van der Waals surface area contributed by atoms with Crippen LogP contribution in [0.5, 0.6) is 0 Å². The van der Waals surface area contributed by atoms with Gasteiger partial charge in [-0.3, -0.25) is 4.79 Å². The molecule has 1 atom stereocenters. The van der Waals surface area contributed by atoms with Crippen LogP contribution in [0.3, 0.4) is 0 Å². The molecule has 132 valence electrons. The third-order valence-electron chi connectivity index (χ3n) is 6.18. The van der Waals surface area contributed by atoms with Crippen LogP contribution in [0.15, 0.2) is 0 Å². The zero-order valence-corrected chi connectivity index (χ0v) is 15.6. The van der Waals surface area contributed by atoms with Gasteiger partial charge in [0, 0.05) is 45.3 Å². The second-order valence-corrected chi connectivity index (χ2v) is 8.96. The lowest BCUT2D eigenvalue weighted by Crippen LogP contribution is -2.61. The first-order chi connectivity index (χ1) is 10.9. The quantitative estimate of drug-likeness (QED) is 0.795. The zero-order valence-electron chi connectivity index (χ0n) is 15.6. The van der Waals surface area contributed by atoms with Crippen molar-refractivity contribution in [2.24, 2.45) is 17.3 Å². The number of nitrogens with zero attached hydrogens (tertiary/aromatic N) is 3. The molecule has 0 N–H and O–H groups in total. The summed E-state index contributed by atoms with van der Waals surface area (Å²) >= 11 is 0. The Morgan fingerprint density at radius 2 is 1.74 bits per heavy atom. The summed E-state index contributed by atoms with van der Waals surface area (Å²) in [7, 11) is 0. The molecule has 4 heteroatoms. The first kappa shape index (κ1) is 17.2. The monoisotopic (exact) mass is 321 g/mol. The van der Waals surface area contributed by atoms with Gasteiger partial charge in [-0.1, -0.05) is 13.8 Å². The number of hydrogen-bond acceptors (Lipinski definition) is 3. The van der Waals surface area contributed by atoms with E-state index in [1.54, 1.807) is 0 Å². The second kappa shape index (κ2) is 6.72. The van der Waals surface area contributed by atoms with Crippen LogP contribution in [0, 0.1) is 17.3 Å². The Balaban J connectivity index is 1.44. The highest BCUT2D eigenvalue weighted by Gasteiger charge is 2.46. The fourth-order valence-corrected chi connectivity index (χ4v) is 4.78. The highest BCUT2D eigenvalue weighted by atomic mass is 16.2.